The van der Waals surface area contributed by atoms with E-state index in [0.717, 1.165) is 38.9 Å². The lowest BCUT2D eigenvalue weighted by Crippen LogP contribution is -2.30. The molecule has 0 aliphatic rings. The Morgan fingerprint density at radius 1 is 0.706 bits per heavy atom. The molecule has 0 saturated carbocycles. The number of hydrogen-bond acceptors (Lipinski definition) is 1. The Labute approximate surface area is 198 Å². The summed E-state index contributed by atoms with van der Waals surface area (Å²) in [5.41, 5.74) is 7.34. The molecule has 0 amide bonds. The molecule has 3 heteroatoms. The fourth-order valence-corrected chi connectivity index (χ4v) is 4.73. The molecular formula is C31H23FNO+. The highest BCUT2D eigenvalue weighted by Gasteiger charge is 2.22. The second-order valence-electron chi connectivity index (χ2n) is 8.59. The second-order valence-corrected chi connectivity index (χ2v) is 8.59. The minimum absolute atomic E-state index is 0.119. The van der Waals surface area contributed by atoms with Gasteiger partial charge in [0.2, 0.25) is 5.69 Å². The van der Waals surface area contributed by atoms with Crippen LogP contribution in [0.4, 0.5) is 4.39 Å². The largest absolute Gasteiger partial charge is 0.454 e. The number of aryl methyl sites for hydroxylation is 2. The van der Waals surface area contributed by atoms with Gasteiger partial charge in [-0.25, -0.2) is 8.96 Å². The van der Waals surface area contributed by atoms with Gasteiger partial charge in [0.1, 0.15) is 24.0 Å². The van der Waals surface area contributed by atoms with Crippen molar-refractivity contribution < 1.29 is 14.7 Å². The summed E-state index contributed by atoms with van der Waals surface area (Å²) in [4.78, 5) is 0. The van der Waals surface area contributed by atoms with Crippen LogP contribution in [-0.2, 0) is 7.05 Å². The van der Waals surface area contributed by atoms with Crippen LogP contribution >= 0.6 is 0 Å². The highest BCUT2D eigenvalue weighted by molar-refractivity contribution is 6.13. The van der Waals surface area contributed by atoms with Crippen LogP contribution in [0.2, 0.25) is 0 Å². The number of hydrogen-bond donors (Lipinski definition) is 0. The Morgan fingerprint density at radius 3 is 2.15 bits per heavy atom. The molecular weight excluding hydrogens is 421 g/mol. The molecule has 6 aromatic rings. The summed E-state index contributed by atoms with van der Waals surface area (Å²) in [5.74, 6) is -0.461. The van der Waals surface area contributed by atoms with Crippen molar-refractivity contribution in [2.24, 2.45) is 7.05 Å². The predicted octanol–water partition coefficient (Wildman–Crippen LogP) is 7.86. The molecule has 0 atom stereocenters. The minimum Gasteiger partial charge on any atom is -0.454 e. The predicted molar refractivity (Wildman–Crippen MR) is 136 cm³/mol. The molecule has 34 heavy (non-hydrogen) atoms. The summed E-state index contributed by atoms with van der Waals surface area (Å²) in [6.45, 7) is 2.04. The lowest BCUT2D eigenvalue weighted by molar-refractivity contribution is -0.660. The Bertz CT molecular complexity index is 1720. The zero-order valence-corrected chi connectivity index (χ0v) is 19.0. The molecule has 0 aliphatic heterocycles. The Kier molecular flexibility index (Phi) is 4.51. The average Bonchev–Trinajstić information content (AvgIpc) is 3.25. The van der Waals surface area contributed by atoms with Gasteiger partial charge in [-0.2, -0.15) is 0 Å². The van der Waals surface area contributed by atoms with E-state index in [1.807, 2.05) is 97.5 Å². The molecule has 164 valence electrons. The number of furan rings is 1. The summed E-state index contributed by atoms with van der Waals surface area (Å²) in [6.07, 6.45) is 1.99. The standard InChI is InChI=1S/C31H23FNO/c1-20-11-16-24-25-17-18-26(32)29(23-14-12-22(13-15-23)21-8-4-3-5-9-21)31(25)34-30(24)28(20)27-10-6-7-19-33(27)2/h3-19H,1-2H3/q+1/i17D. The Morgan fingerprint density at radius 2 is 1.38 bits per heavy atom. The molecule has 0 unspecified atom stereocenters. The van der Waals surface area contributed by atoms with Crippen LogP contribution in [-0.4, -0.2) is 0 Å². The first-order valence-electron chi connectivity index (χ1n) is 11.8. The molecule has 0 fully saturated rings. The summed E-state index contributed by atoms with van der Waals surface area (Å²) in [6, 6.07) is 29.3. The van der Waals surface area contributed by atoms with Crippen molar-refractivity contribution in [3.05, 3.63) is 115 Å². The van der Waals surface area contributed by atoms with Gasteiger partial charge in [0.25, 0.3) is 0 Å². The van der Waals surface area contributed by atoms with E-state index >= 15 is 4.39 Å². The summed E-state index contributed by atoms with van der Waals surface area (Å²) < 4.78 is 32.5. The Balaban J connectivity index is 1.62. The number of nitrogens with zero attached hydrogens (tertiary/aromatic N) is 1. The maximum Gasteiger partial charge on any atom is 0.216 e. The van der Waals surface area contributed by atoms with Crippen molar-refractivity contribution in [1.82, 2.24) is 0 Å². The van der Waals surface area contributed by atoms with Crippen molar-refractivity contribution in [1.29, 1.82) is 0 Å². The molecule has 0 radical (unpaired) electrons. The molecule has 0 aliphatic carbocycles. The monoisotopic (exact) mass is 445 g/mol. The molecule has 0 spiro atoms. The van der Waals surface area contributed by atoms with E-state index in [-0.39, 0.29) is 6.04 Å². The quantitative estimate of drug-likeness (QED) is 0.253. The van der Waals surface area contributed by atoms with Gasteiger partial charge in [-0.05, 0) is 47.4 Å². The summed E-state index contributed by atoms with van der Waals surface area (Å²) in [5, 5.41) is 1.44. The highest BCUT2D eigenvalue weighted by Crippen LogP contribution is 2.41. The number of aromatic nitrogens is 1. The molecule has 2 heterocycles. The Hall–Kier alpha value is -4.24. The molecule has 0 bridgehead atoms. The first-order valence-corrected chi connectivity index (χ1v) is 11.3. The maximum atomic E-state index is 15.4. The third-order valence-electron chi connectivity index (χ3n) is 6.47. The lowest BCUT2D eigenvalue weighted by Gasteiger charge is -2.07. The zero-order valence-electron chi connectivity index (χ0n) is 20.0. The van der Waals surface area contributed by atoms with E-state index in [2.05, 4.69) is 12.1 Å². The minimum atomic E-state index is -0.461. The SMILES string of the molecule is [2H]c1cc(F)c(-c2ccc(-c3ccccc3)cc2)c2oc3c(-c4cccc[n+]4C)c(C)ccc3c12. The third kappa shape index (κ3) is 3.20. The van der Waals surface area contributed by atoms with Gasteiger partial charge >= 0.3 is 0 Å². The molecule has 0 saturated heterocycles. The van der Waals surface area contributed by atoms with E-state index in [0.29, 0.717) is 22.1 Å². The van der Waals surface area contributed by atoms with Crippen LogP contribution in [0.25, 0.3) is 55.4 Å². The van der Waals surface area contributed by atoms with Crippen molar-refractivity contribution in [2.45, 2.75) is 6.92 Å². The molecule has 2 nitrogen and oxygen atoms in total. The number of benzene rings is 4. The van der Waals surface area contributed by atoms with Gasteiger partial charge in [0, 0.05) is 22.9 Å². The summed E-state index contributed by atoms with van der Waals surface area (Å²) >= 11 is 0. The smallest absolute Gasteiger partial charge is 0.216 e. The van der Waals surface area contributed by atoms with Gasteiger partial charge in [-0.15, -0.1) is 0 Å². The van der Waals surface area contributed by atoms with Gasteiger partial charge in [-0.1, -0.05) is 66.7 Å². The van der Waals surface area contributed by atoms with Crippen molar-refractivity contribution in [3.63, 3.8) is 0 Å². The fourth-order valence-electron chi connectivity index (χ4n) is 4.73. The number of pyridine rings is 1. The summed E-state index contributed by atoms with van der Waals surface area (Å²) in [7, 11) is 1.99. The van der Waals surface area contributed by atoms with Crippen molar-refractivity contribution >= 4 is 21.9 Å². The first kappa shape index (κ1) is 19.2. The highest BCUT2D eigenvalue weighted by atomic mass is 19.1. The van der Waals surface area contributed by atoms with Crippen LogP contribution < -0.4 is 4.57 Å². The molecule has 2 aromatic heterocycles. The zero-order chi connectivity index (χ0) is 24.1. The first-order chi connectivity index (χ1) is 17.0. The van der Waals surface area contributed by atoms with Crippen molar-refractivity contribution in [2.75, 3.05) is 0 Å². The fraction of sp³-hybridized carbons (Fsp3) is 0.0645. The van der Waals surface area contributed by atoms with Crippen LogP contribution in [0.5, 0.6) is 0 Å². The topological polar surface area (TPSA) is 17.0 Å². The van der Waals surface area contributed by atoms with Gasteiger partial charge in [0.15, 0.2) is 6.20 Å². The normalized spacial score (nSPS) is 11.8. The van der Waals surface area contributed by atoms with E-state index in [4.69, 9.17) is 5.79 Å². The van der Waals surface area contributed by atoms with Crippen LogP contribution in [0.3, 0.4) is 0 Å². The van der Waals surface area contributed by atoms with Crippen LogP contribution in [0.15, 0.2) is 108 Å². The van der Waals surface area contributed by atoms with E-state index < -0.39 is 5.82 Å². The number of halogens is 1. The molecule has 4 aromatic carbocycles. The lowest BCUT2D eigenvalue weighted by atomic mass is 9.97. The molecule has 6 rings (SSSR count). The van der Waals surface area contributed by atoms with E-state index in [1.54, 1.807) is 0 Å². The van der Waals surface area contributed by atoms with E-state index in [9.17, 15) is 0 Å². The maximum absolute atomic E-state index is 15.4. The van der Waals surface area contributed by atoms with Crippen molar-refractivity contribution in [3.8, 4) is 33.5 Å². The average molecular weight is 446 g/mol. The second kappa shape index (κ2) is 7.96. The van der Waals surface area contributed by atoms with Crippen LogP contribution in [0, 0.1) is 12.7 Å². The molecule has 0 N–H and O–H groups in total. The number of rotatable bonds is 3. The third-order valence-corrected chi connectivity index (χ3v) is 6.47. The van der Waals surface area contributed by atoms with Gasteiger partial charge in [0.05, 0.1) is 12.5 Å². The van der Waals surface area contributed by atoms with Gasteiger partial charge in [-0.3, -0.25) is 0 Å². The number of fused-ring (bicyclic) bond motifs is 3. The van der Waals surface area contributed by atoms with Crippen LogP contribution in [0.1, 0.15) is 6.93 Å². The van der Waals surface area contributed by atoms with E-state index in [1.165, 1.54) is 6.07 Å². The van der Waals surface area contributed by atoms with Gasteiger partial charge < -0.3 is 4.42 Å².